The highest BCUT2D eigenvalue weighted by molar-refractivity contribution is 5.97. The second kappa shape index (κ2) is 5.02. The van der Waals surface area contributed by atoms with Gasteiger partial charge in [0.2, 0.25) is 0 Å². The zero-order valence-electron chi connectivity index (χ0n) is 12.6. The summed E-state index contributed by atoms with van der Waals surface area (Å²) in [5.74, 6) is -0.0961. The van der Waals surface area contributed by atoms with Crippen molar-refractivity contribution in [2.75, 3.05) is 7.11 Å². The standard InChI is InChI=1S/C19H15NO3/c1-23-17-6-2-4-12-5-3-9-20-15-11-14(19(21)22)8-7-13(15)10-16(20)18(12)17/h2-8,10-11H,9H2,1H3,(H,21,22). The molecule has 0 atom stereocenters. The zero-order valence-corrected chi connectivity index (χ0v) is 12.6. The van der Waals surface area contributed by atoms with Crippen LogP contribution in [0.25, 0.3) is 28.2 Å². The number of methoxy groups -OCH3 is 1. The van der Waals surface area contributed by atoms with Crippen LogP contribution in [-0.4, -0.2) is 22.8 Å². The smallest absolute Gasteiger partial charge is 0.335 e. The molecule has 23 heavy (non-hydrogen) atoms. The van der Waals surface area contributed by atoms with Gasteiger partial charge in [-0.3, -0.25) is 0 Å². The topological polar surface area (TPSA) is 51.5 Å². The third-order valence-corrected chi connectivity index (χ3v) is 4.27. The normalized spacial score (nSPS) is 12.6. The Hall–Kier alpha value is -3.01. The summed E-state index contributed by atoms with van der Waals surface area (Å²) in [7, 11) is 1.67. The Morgan fingerprint density at radius 3 is 2.87 bits per heavy atom. The van der Waals surface area contributed by atoms with E-state index in [4.69, 9.17) is 4.74 Å². The summed E-state index contributed by atoms with van der Waals surface area (Å²) in [5.41, 5.74) is 4.40. The lowest BCUT2D eigenvalue weighted by Crippen LogP contribution is -2.00. The minimum Gasteiger partial charge on any atom is -0.496 e. The molecule has 0 spiro atoms. The Kier molecular flexibility index (Phi) is 2.98. The van der Waals surface area contributed by atoms with E-state index in [1.54, 1.807) is 19.2 Å². The first-order valence-electron chi connectivity index (χ1n) is 7.39. The second-order valence-electron chi connectivity index (χ2n) is 5.55. The molecule has 114 valence electrons. The Morgan fingerprint density at radius 1 is 1.22 bits per heavy atom. The molecule has 0 radical (unpaired) electrons. The number of carboxylic acid groups (broad SMARTS) is 1. The summed E-state index contributed by atoms with van der Waals surface area (Å²) in [6, 6.07) is 13.3. The summed E-state index contributed by atoms with van der Waals surface area (Å²) in [6.07, 6.45) is 4.17. The number of aromatic nitrogens is 1. The Balaban J connectivity index is 2.06. The first-order chi connectivity index (χ1) is 11.2. The molecule has 2 aromatic carbocycles. The van der Waals surface area contributed by atoms with Crippen LogP contribution in [0.5, 0.6) is 5.75 Å². The molecule has 4 rings (SSSR count). The van der Waals surface area contributed by atoms with Crippen molar-refractivity contribution in [3.8, 4) is 17.0 Å². The summed E-state index contributed by atoms with van der Waals surface area (Å²) < 4.78 is 7.67. The molecule has 0 bridgehead atoms. The molecule has 1 aromatic heterocycles. The lowest BCUT2D eigenvalue weighted by Gasteiger charge is -2.12. The number of allylic oxidation sites excluding steroid dienone is 1. The monoisotopic (exact) mass is 305 g/mol. The van der Waals surface area contributed by atoms with Crippen LogP contribution < -0.4 is 4.74 Å². The molecule has 2 heterocycles. The molecule has 0 saturated carbocycles. The molecule has 0 amide bonds. The summed E-state index contributed by atoms with van der Waals surface area (Å²) in [4.78, 5) is 11.3. The number of hydrogen-bond acceptors (Lipinski definition) is 2. The van der Waals surface area contributed by atoms with E-state index in [2.05, 4.69) is 28.9 Å². The number of carbonyl (C=O) groups is 1. The summed E-state index contributed by atoms with van der Waals surface area (Å²) >= 11 is 0. The van der Waals surface area contributed by atoms with Gasteiger partial charge in [-0.1, -0.05) is 30.4 Å². The van der Waals surface area contributed by atoms with E-state index in [1.807, 2.05) is 18.2 Å². The maximum atomic E-state index is 11.3. The highest BCUT2D eigenvalue weighted by Gasteiger charge is 2.19. The highest BCUT2D eigenvalue weighted by Crippen LogP contribution is 2.39. The van der Waals surface area contributed by atoms with E-state index in [0.29, 0.717) is 12.1 Å². The van der Waals surface area contributed by atoms with Crippen LogP contribution in [0.15, 0.2) is 48.5 Å². The molecule has 1 aliphatic heterocycles. The molecule has 1 N–H and O–H groups in total. The van der Waals surface area contributed by atoms with E-state index < -0.39 is 5.97 Å². The number of ether oxygens (including phenoxy) is 1. The SMILES string of the molecule is COc1cccc2c1-c1cc3ccc(C(=O)O)cc3n1CC=C2. The summed E-state index contributed by atoms with van der Waals surface area (Å²) in [6.45, 7) is 0.694. The van der Waals surface area contributed by atoms with Crippen molar-refractivity contribution in [2.24, 2.45) is 0 Å². The van der Waals surface area contributed by atoms with E-state index in [-0.39, 0.29) is 0 Å². The van der Waals surface area contributed by atoms with Gasteiger partial charge in [-0.2, -0.15) is 0 Å². The molecule has 4 nitrogen and oxygen atoms in total. The molecule has 3 aromatic rings. The molecule has 1 aliphatic rings. The molecule has 0 aliphatic carbocycles. The quantitative estimate of drug-likeness (QED) is 0.777. The third kappa shape index (κ3) is 2.03. The van der Waals surface area contributed by atoms with Gasteiger partial charge in [0.05, 0.1) is 18.4 Å². The van der Waals surface area contributed by atoms with Gasteiger partial charge in [0.1, 0.15) is 5.75 Å². The number of nitrogens with zero attached hydrogens (tertiary/aromatic N) is 1. The van der Waals surface area contributed by atoms with Gasteiger partial charge in [0.25, 0.3) is 0 Å². The van der Waals surface area contributed by atoms with Gasteiger partial charge in [0.15, 0.2) is 0 Å². The minimum atomic E-state index is -0.912. The number of benzene rings is 2. The maximum Gasteiger partial charge on any atom is 0.335 e. The Morgan fingerprint density at radius 2 is 2.09 bits per heavy atom. The average molecular weight is 305 g/mol. The molecule has 0 saturated heterocycles. The van der Waals surface area contributed by atoms with Gasteiger partial charge in [-0.05, 0) is 29.8 Å². The average Bonchev–Trinajstić information content (AvgIpc) is 2.81. The van der Waals surface area contributed by atoms with Crippen LogP contribution in [0.2, 0.25) is 0 Å². The fourth-order valence-corrected chi connectivity index (χ4v) is 3.21. The van der Waals surface area contributed by atoms with Crippen molar-refractivity contribution in [2.45, 2.75) is 6.54 Å². The maximum absolute atomic E-state index is 11.3. The van der Waals surface area contributed by atoms with E-state index in [9.17, 15) is 9.90 Å². The van der Waals surface area contributed by atoms with Crippen molar-refractivity contribution in [3.63, 3.8) is 0 Å². The van der Waals surface area contributed by atoms with Crippen molar-refractivity contribution in [1.29, 1.82) is 0 Å². The molecule has 0 fully saturated rings. The zero-order chi connectivity index (χ0) is 16.0. The van der Waals surface area contributed by atoms with Gasteiger partial charge in [0, 0.05) is 23.0 Å². The fraction of sp³-hybridized carbons (Fsp3) is 0.105. The van der Waals surface area contributed by atoms with Crippen LogP contribution in [0, 0.1) is 0 Å². The van der Waals surface area contributed by atoms with Crippen LogP contribution in [-0.2, 0) is 6.54 Å². The fourth-order valence-electron chi connectivity index (χ4n) is 3.21. The molecular weight excluding hydrogens is 290 g/mol. The van der Waals surface area contributed by atoms with Gasteiger partial charge in [-0.25, -0.2) is 4.79 Å². The van der Waals surface area contributed by atoms with Crippen molar-refractivity contribution < 1.29 is 14.6 Å². The lowest BCUT2D eigenvalue weighted by atomic mass is 10.0. The Labute approximate surface area is 133 Å². The molecule has 4 heteroatoms. The van der Waals surface area contributed by atoms with E-state index in [1.165, 1.54) is 0 Å². The van der Waals surface area contributed by atoms with Crippen LogP contribution in [0.3, 0.4) is 0 Å². The van der Waals surface area contributed by atoms with Gasteiger partial charge in [-0.15, -0.1) is 0 Å². The largest absolute Gasteiger partial charge is 0.496 e. The van der Waals surface area contributed by atoms with Crippen molar-refractivity contribution in [1.82, 2.24) is 4.57 Å². The first kappa shape index (κ1) is 13.6. The lowest BCUT2D eigenvalue weighted by molar-refractivity contribution is 0.0697. The van der Waals surface area contributed by atoms with Gasteiger partial charge < -0.3 is 14.4 Å². The van der Waals surface area contributed by atoms with Crippen LogP contribution in [0.1, 0.15) is 15.9 Å². The van der Waals surface area contributed by atoms with Crippen molar-refractivity contribution >= 4 is 22.9 Å². The first-order valence-corrected chi connectivity index (χ1v) is 7.39. The number of rotatable bonds is 2. The number of aromatic carboxylic acids is 1. The summed E-state index contributed by atoms with van der Waals surface area (Å²) in [5, 5.41) is 10.3. The Bertz CT molecular complexity index is 966. The van der Waals surface area contributed by atoms with E-state index in [0.717, 1.165) is 33.5 Å². The molecular formula is C19H15NO3. The van der Waals surface area contributed by atoms with Gasteiger partial charge >= 0.3 is 5.97 Å². The highest BCUT2D eigenvalue weighted by atomic mass is 16.5. The number of hydrogen-bond donors (Lipinski definition) is 1. The minimum absolute atomic E-state index is 0.298. The van der Waals surface area contributed by atoms with Crippen molar-refractivity contribution in [3.05, 3.63) is 59.7 Å². The molecule has 0 unspecified atom stereocenters. The predicted octanol–water partition coefficient (Wildman–Crippen LogP) is 4.04. The van der Waals surface area contributed by atoms with Crippen LogP contribution >= 0.6 is 0 Å². The third-order valence-electron chi connectivity index (χ3n) is 4.27. The van der Waals surface area contributed by atoms with Crippen LogP contribution in [0.4, 0.5) is 0 Å². The number of fused-ring (bicyclic) bond motifs is 5. The predicted molar refractivity (Wildman–Crippen MR) is 89.9 cm³/mol. The number of carboxylic acids is 1. The van der Waals surface area contributed by atoms with E-state index >= 15 is 0 Å². The second-order valence-corrected chi connectivity index (χ2v) is 5.55.